The van der Waals surface area contributed by atoms with Gasteiger partial charge in [0.25, 0.3) is 11.8 Å². The molecule has 0 spiro atoms. The lowest BCUT2D eigenvalue weighted by molar-refractivity contribution is -0.136. The highest BCUT2D eigenvalue weighted by Gasteiger charge is 2.45. The molecule has 5 heterocycles. The lowest BCUT2D eigenvalue weighted by Crippen LogP contribution is -2.54. The van der Waals surface area contributed by atoms with Crippen molar-refractivity contribution in [1.82, 2.24) is 30.1 Å². The van der Waals surface area contributed by atoms with Crippen molar-refractivity contribution in [2.75, 3.05) is 5.32 Å². The molecule has 2 aromatic carbocycles. The van der Waals surface area contributed by atoms with Crippen LogP contribution in [0.2, 0.25) is 0 Å². The topological polar surface area (TPSA) is 169 Å². The van der Waals surface area contributed by atoms with E-state index in [1.165, 1.54) is 12.4 Å². The van der Waals surface area contributed by atoms with Crippen molar-refractivity contribution in [3.8, 4) is 0 Å². The second-order valence-electron chi connectivity index (χ2n) is 11.0. The van der Waals surface area contributed by atoms with Crippen LogP contribution in [0.5, 0.6) is 0 Å². The van der Waals surface area contributed by atoms with Gasteiger partial charge in [-0.25, -0.2) is 4.98 Å². The molecular formula is C33H27N7O6. The minimum absolute atomic E-state index is 0.0152. The molecule has 230 valence electrons. The number of fused-ring (bicyclic) bond motifs is 2. The van der Waals surface area contributed by atoms with E-state index >= 15 is 0 Å². The summed E-state index contributed by atoms with van der Waals surface area (Å²) in [7, 11) is 0. The minimum atomic E-state index is -1.05. The van der Waals surface area contributed by atoms with Gasteiger partial charge in [0, 0.05) is 41.6 Å². The summed E-state index contributed by atoms with van der Waals surface area (Å²) in [6.45, 7) is 0.181. The van der Waals surface area contributed by atoms with Crippen molar-refractivity contribution < 1.29 is 28.4 Å². The van der Waals surface area contributed by atoms with Gasteiger partial charge in [-0.3, -0.25) is 39.2 Å². The third kappa shape index (κ3) is 5.38. The zero-order valence-corrected chi connectivity index (χ0v) is 24.3. The third-order valence-corrected chi connectivity index (χ3v) is 7.99. The summed E-state index contributed by atoms with van der Waals surface area (Å²) in [5.74, 6) is -1.98. The number of nitrogens with one attached hydrogen (secondary N) is 3. The molecule has 0 aliphatic carbocycles. The maximum absolute atomic E-state index is 13.4. The molecule has 13 heteroatoms. The highest BCUT2D eigenvalue weighted by molar-refractivity contribution is 6.25. The first-order valence-electron chi connectivity index (χ1n) is 14.6. The molecular weight excluding hydrogens is 590 g/mol. The van der Waals surface area contributed by atoms with Crippen LogP contribution >= 0.6 is 0 Å². The van der Waals surface area contributed by atoms with Crippen molar-refractivity contribution in [2.45, 2.75) is 38.0 Å². The Morgan fingerprint density at radius 3 is 2.72 bits per heavy atom. The molecule has 13 nitrogen and oxygen atoms in total. The Bertz CT molecular complexity index is 1980. The molecule has 2 unspecified atom stereocenters. The minimum Gasteiger partial charge on any atom is -0.459 e. The van der Waals surface area contributed by atoms with Gasteiger partial charge in [-0.2, -0.15) is 0 Å². The second kappa shape index (κ2) is 11.8. The van der Waals surface area contributed by atoms with Crippen LogP contribution in [0.25, 0.3) is 11.0 Å². The lowest BCUT2D eigenvalue weighted by atomic mass is 10.0. The molecule has 3 aromatic heterocycles. The molecule has 0 saturated carbocycles. The van der Waals surface area contributed by atoms with E-state index in [4.69, 9.17) is 4.42 Å². The number of benzene rings is 2. The first-order chi connectivity index (χ1) is 22.4. The molecule has 3 N–H and O–H groups in total. The average molecular weight is 618 g/mol. The summed E-state index contributed by atoms with van der Waals surface area (Å²) < 4.78 is 7.70. The largest absolute Gasteiger partial charge is 0.459 e. The summed E-state index contributed by atoms with van der Waals surface area (Å²) >= 11 is 0. The van der Waals surface area contributed by atoms with Crippen molar-refractivity contribution in [1.29, 1.82) is 0 Å². The van der Waals surface area contributed by atoms with Crippen molar-refractivity contribution in [3.63, 3.8) is 0 Å². The van der Waals surface area contributed by atoms with Crippen LogP contribution in [-0.2, 0) is 27.5 Å². The summed E-state index contributed by atoms with van der Waals surface area (Å²) in [5.41, 5.74) is 2.81. The van der Waals surface area contributed by atoms with Gasteiger partial charge < -0.3 is 19.6 Å². The van der Waals surface area contributed by atoms with Crippen LogP contribution in [0, 0.1) is 0 Å². The van der Waals surface area contributed by atoms with Crippen LogP contribution in [0.4, 0.5) is 5.69 Å². The Morgan fingerprint density at radius 2 is 1.91 bits per heavy atom. The van der Waals surface area contributed by atoms with E-state index in [-0.39, 0.29) is 43.0 Å². The number of anilines is 1. The summed E-state index contributed by atoms with van der Waals surface area (Å²) in [4.78, 5) is 73.2. The van der Waals surface area contributed by atoms with Gasteiger partial charge in [0.15, 0.2) is 0 Å². The SMILES string of the molecule is O=C1CCC(N2C(=O)c3cccc(NCc4cn(CC(=O)NC(c5cccnc5)c5cc6ccccc6o5)cn4)c3C2=O)C(=O)N1. The second-order valence-corrected chi connectivity index (χ2v) is 11.0. The number of nitrogens with zero attached hydrogens (tertiary/aromatic N) is 4. The number of para-hydroxylation sites is 1. The summed E-state index contributed by atoms with van der Waals surface area (Å²) in [6, 6.07) is 16.4. The fourth-order valence-electron chi connectivity index (χ4n) is 5.81. The molecule has 2 aliphatic heterocycles. The predicted octanol–water partition coefficient (Wildman–Crippen LogP) is 2.94. The predicted molar refractivity (Wildman–Crippen MR) is 163 cm³/mol. The number of imide groups is 2. The lowest BCUT2D eigenvalue weighted by Gasteiger charge is -2.27. The van der Waals surface area contributed by atoms with Crippen molar-refractivity contribution in [2.24, 2.45) is 0 Å². The number of pyridine rings is 1. The van der Waals surface area contributed by atoms with Gasteiger partial charge in [0.05, 0.1) is 29.7 Å². The first-order valence-corrected chi connectivity index (χ1v) is 14.6. The maximum Gasteiger partial charge on any atom is 0.264 e. The number of hydrogen-bond acceptors (Lipinski definition) is 9. The van der Waals surface area contributed by atoms with E-state index in [2.05, 4.69) is 25.9 Å². The highest BCUT2D eigenvalue weighted by atomic mass is 16.3. The smallest absolute Gasteiger partial charge is 0.264 e. The highest BCUT2D eigenvalue weighted by Crippen LogP contribution is 2.33. The average Bonchev–Trinajstić information content (AvgIpc) is 3.76. The van der Waals surface area contributed by atoms with E-state index in [9.17, 15) is 24.0 Å². The number of rotatable bonds is 9. The maximum atomic E-state index is 13.4. The molecule has 1 saturated heterocycles. The molecule has 5 amide bonds. The fourth-order valence-corrected chi connectivity index (χ4v) is 5.81. The Kier molecular flexibility index (Phi) is 7.33. The van der Waals surface area contributed by atoms with Gasteiger partial charge in [-0.05, 0) is 36.8 Å². The number of furan rings is 1. The number of carbonyl (C=O) groups is 5. The van der Waals surface area contributed by atoms with Crippen LogP contribution in [-0.4, -0.2) is 55.0 Å². The van der Waals surface area contributed by atoms with Crippen LogP contribution in [0.3, 0.4) is 0 Å². The van der Waals surface area contributed by atoms with E-state index < -0.39 is 35.7 Å². The Balaban J connectivity index is 1.03. The van der Waals surface area contributed by atoms with Crippen LogP contribution in [0.15, 0.2) is 90.0 Å². The molecule has 5 aromatic rings. The van der Waals surface area contributed by atoms with Gasteiger partial charge >= 0.3 is 0 Å². The normalized spacial score (nSPS) is 16.8. The van der Waals surface area contributed by atoms with Crippen molar-refractivity contribution in [3.05, 3.63) is 114 Å². The molecule has 2 aliphatic rings. The molecule has 46 heavy (non-hydrogen) atoms. The van der Waals surface area contributed by atoms with E-state index in [0.29, 0.717) is 22.7 Å². The van der Waals surface area contributed by atoms with E-state index in [1.807, 2.05) is 36.4 Å². The van der Waals surface area contributed by atoms with Gasteiger partial charge in [-0.1, -0.05) is 30.3 Å². The Morgan fingerprint density at radius 1 is 1.04 bits per heavy atom. The van der Waals surface area contributed by atoms with Crippen LogP contribution in [0.1, 0.15) is 56.6 Å². The van der Waals surface area contributed by atoms with Gasteiger partial charge in [-0.15, -0.1) is 0 Å². The zero-order chi connectivity index (χ0) is 31.8. The summed E-state index contributed by atoms with van der Waals surface area (Å²) in [5, 5.41) is 9.32. The number of hydrogen-bond donors (Lipinski definition) is 3. The number of aromatic nitrogens is 3. The Labute approximate surface area is 261 Å². The van der Waals surface area contributed by atoms with Gasteiger partial charge in [0.2, 0.25) is 17.7 Å². The molecule has 0 radical (unpaired) electrons. The number of amides is 5. The van der Waals surface area contributed by atoms with Crippen LogP contribution < -0.4 is 16.0 Å². The number of imidazole rings is 1. The molecule has 1 fully saturated rings. The standard InChI is InChI=1S/C33H27N7O6/c41-27-11-10-24(31(43)38-27)40-32(44)22-7-3-8-23(29(22)33(40)45)35-15-21-16-39(18-36-21)17-28(42)37-30(20-6-4-12-34-14-20)26-13-19-5-1-2-9-25(19)46-26/h1-9,12-14,16,18,24,30,35H,10-11,15,17H2,(H,37,42)(H,38,41,43). The fraction of sp³-hybridized carbons (Fsp3) is 0.182. The number of piperidine rings is 1. The van der Waals surface area contributed by atoms with Crippen molar-refractivity contribution >= 4 is 46.2 Å². The van der Waals surface area contributed by atoms with Gasteiger partial charge in [0.1, 0.15) is 30.0 Å². The zero-order valence-electron chi connectivity index (χ0n) is 24.3. The molecule has 7 rings (SSSR count). The van der Waals surface area contributed by atoms with E-state index in [1.54, 1.807) is 41.4 Å². The monoisotopic (exact) mass is 617 g/mol. The molecule has 2 atom stereocenters. The quantitative estimate of drug-likeness (QED) is 0.211. The Hall–Kier alpha value is -6.11. The first kappa shape index (κ1) is 28.6. The van der Waals surface area contributed by atoms with E-state index in [0.717, 1.165) is 15.8 Å². The molecule has 0 bridgehead atoms. The number of carbonyl (C=O) groups excluding carboxylic acids is 5. The third-order valence-electron chi connectivity index (χ3n) is 7.99. The summed E-state index contributed by atoms with van der Waals surface area (Å²) in [6.07, 6.45) is 6.70.